The topological polar surface area (TPSA) is 63.6 Å². The minimum Gasteiger partial charge on any atom is -0.493 e. The Bertz CT molecular complexity index is 649. The summed E-state index contributed by atoms with van der Waals surface area (Å²) in [4.78, 5) is 0. The van der Waals surface area contributed by atoms with Crippen LogP contribution in [-0.2, 0) is 23.0 Å². The summed E-state index contributed by atoms with van der Waals surface area (Å²) in [6.07, 6.45) is 20.3. The molecule has 0 spiro atoms. The molecule has 1 rings (SSSR count). The van der Waals surface area contributed by atoms with Crippen molar-refractivity contribution >= 4 is 10.1 Å². The predicted molar refractivity (Wildman–Crippen MR) is 136 cm³/mol. The summed E-state index contributed by atoms with van der Waals surface area (Å²) in [6, 6.07) is 6.45. The molecule has 0 saturated carbocycles. The van der Waals surface area contributed by atoms with Gasteiger partial charge in [-0.3, -0.25) is 4.55 Å². The highest BCUT2D eigenvalue weighted by Crippen LogP contribution is 2.28. The van der Waals surface area contributed by atoms with E-state index in [2.05, 4.69) is 32.0 Å². The maximum Gasteiger partial charge on any atom is 0.264 e. The molecule has 0 aromatic heterocycles. The number of rotatable bonds is 21. The van der Waals surface area contributed by atoms with Crippen LogP contribution >= 0.6 is 0 Å². The first-order valence-corrected chi connectivity index (χ1v) is 14.8. The predicted octanol–water partition coefficient (Wildman–Crippen LogP) is 7.93. The zero-order valence-electron chi connectivity index (χ0n) is 20.7. The van der Waals surface area contributed by atoms with Crippen LogP contribution in [0.15, 0.2) is 18.2 Å². The number of aryl methyl sites for hydroxylation is 2. The highest BCUT2D eigenvalue weighted by atomic mass is 32.2. The van der Waals surface area contributed by atoms with Crippen molar-refractivity contribution in [3.05, 3.63) is 29.3 Å². The third-order valence-corrected chi connectivity index (χ3v) is 6.88. The monoisotopic (exact) mass is 468 g/mol. The molecule has 0 fully saturated rings. The van der Waals surface area contributed by atoms with Crippen molar-refractivity contribution in [2.24, 2.45) is 0 Å². The lowest BCUT2D eigenvalue weighted by Gasteiger charge is -2.16. The smallest absolute Gasteiger partial charge is 0.264 e. The van der Waals surface area contributed by atoms with E-state index in [0.29, 0.717) is 13.0 Å². The summed E-state index contributed by atoms with van der Waals surface area (Å²) < 4.78 is 37.1. The van der Waals surface area contributed by atoms with E-state index in [1.165, 1.54) is 88.2 Å². The summed E-state index contributed by atoms with van der Waals surface area (Å²) in [6.45, 7) is 4.81. The Hall–Kier alpha value is -1.07. The minimum absolute atomic E-state index is 0.250. The van der Waals surface area contributed by atoms with Crippen LogP contribution in [0.5, 0.6) is 5.75 Å². The maximum absolute atomic E-state index is 11.0. The van der Waals surface area contributed by atoms with Gasteiger partial charge in [-0.05, 0) is 43.2 Å². The van der Waals surface area contributed by atoms with Crippen LogP contribution < -0.4 is 4.74 Å². The van der Waals surface area contributed by atoms with Crippen molar-refractivity contribution in [2.45, 2.75) is 123 Å². The standard InChI is InChI=1S/C27H48O4S/c1-3-5-7-9-11-13-15-19-25-21-17-22-26(20-16-14-12-10-8-6-4-2)27(25)31-23-18-24-32(28,29)30/h17,21-22H,3-16,18-20,23-24H2,1-2H3,(H,28,29,30). The van der Waals surface area contributed by atoms with Gasteiger partial charge in [-0.2, -0.15) is 8.42 Å². The molecule has 1 N–H and O–H groups in total. The van der Waals surface area contributed by atoms with Crippen LogP contribution in [0, 0.1) is 0 Å². The second-order valence-electron chi connectivity index (χ2n) is 9.14. The zero-order chi connectivity index (χ0) is 23.5. The number of benzene rings is 1. The van der Waals surface area contributed by atoms with Gasteiger partial charge in [0, 0.05) is 0 Å². The molecule has 32 heavy (non-hydrogen) atoms. The van der Waals surface area contributed by atoms with E-state index in [-0.39, 0.29) is 5.75 Å². The molecule has 1 aromatic carbocycles. The first kappa shape index (κ1) is 29.0. The fourth-order valence-electron chi connectivity index (χ4n) is 4.18. The number of unbranched alkanes of at least 4 members (excludes halogenated alkanes) is 12. The maximum atomic E-state index is 11.0. The quantitative estimate of drug-likeness (QED) is 0.147. The number of hydrogen-bond acceptors (Lipinski definition) is 3. The molecule has 0 saturated heterocycles. The van der Waals surface area contributed by atoms with E-state index in [1.807, 2.05) is 0 Å². The Balaban J connectivity index is 2.59. The second-order valence-corrected chi connectivity index (χ2v) is 10.7. The van der Waals surface area contributed by atoms with Crippen LogP contribution in [0.2, 0.25) is 0 Å². The van der Waals surface area contributed by atoms with Gasteiger partial charge in [0.25, 0.3) is 10.1 Å². The van der Waals surface area contributed by atoms with Gasteiger partial charge in [-0.1, -0.05) is 109 Å². The first-order chi connectivity index (χ1) is 15.5. The number of hydrogen-bond donors (Lipinski definition) is 1. The molecule has 0 heterocycles. The van der Waals surface area contributed by atoms with Crippen molar-refractivity contribution in [1.29, 1.82) is 0 Å². The highest BCUT2D eigenvalue weighted by molar-refractivity contribution is 7.85. The number of para-hydroxylation sites is 1. The Morgan fingerprint density at radius 1 is 0.688 bits per heavy atom. The van der Waals surface area contributed by atoms with Gasteiger partial charge in [0.2, 0.25) is 0 Å². The molecule has 0 bridgehead atoms. The highest BCUT2D eigenvalue weighted by Gasteiger charge is 2.11. The first-order valence-electron chi connectivity index (χ1n) is 13.2. The van der Waals surface area contributed by atoms with Crippen molar-refractivity contribution in [2.75, 3.05) is 12.4 Å². The van der Waals surface area contributed by atoms with Gasteiger partial charge in [0.1, 0.15) is 5.75 Å². The van der Waals surface area contributed by atoms with Gasteiger partial charge >= 0.3 is 0 Å². The van der Waals surface area contributed by atoms with Crippen molar-refractivity contribution in [1.82, 2.24) is 0 Å². The van der Waals surface area contributed by atoms with Gasteiger partial charge in [-0.25, -0.2) is 0 Å². The van der Waals surface area contributed by atoms with Gasteiger partial charge in [0.05, 0.1) is 12.4 Å². The zero-order valence-corrected chi connectivity index (χ0v) is 21.6. The Labute approximate surface area is 198 Å². The summed E-state index contributed by atoms with van der Waals surface area (Å²) in [5.74, 6) is 0.708. The molecule has 5 heteroatoms. The molecule has 0 unspecified atom stereocenters. The molecule has 0 radical (unpaired) electrons. The SMILES string of the molecule is CCCCCCCCCc1cccc(CCCCCCCCC)c1OCCCS(=O)(=O)O. The minimum atomic E-state index is -3.93. The molecule has 0 atom stereocenters. The van der Waals surface area contributed by atoms with E-state index in [9.17, 15) is 8.42 Å². The third kappa shape index (κ3) is 14.9. The molecule has 4 nitrogen and oxygen atoms in total. The van der Waals surface area contributed by atoms with Gasteiger partial charge in [-0.15, -0.1) is 0 Å². The van der Waals surface area contributed by atoms with E-state index < -0.39 is 10.1 Å². The Kier molecular flexibility index (Phi) is 16.6. The Morgan fingerprint density at radius 2 is 1.12 bits per heavy atom. The average Bonchev–Trinajstić information content (AvgIpc) is 2.75. The van der Waals surface area contributed by atoms with Crippen molar-refractivity contribution in [3.8, 4) is 5.75 Å². The van der Waals surface area contributed by atoms with Gasteiger partial charge in [0.15, 0.2) is 0 Å². The molecule has 0 aliphatic rings. The van der Waals surface area contributed by atoms with Crippen LogP contribution in [0.3, 0.4) is 0 Å². The van der Waals surface area contributed by atoms with Gasteiger partial charge < -0.3 is 4.74 Å². The third-order valence-electron chi connectivity index (χ3n) is 6.07. The lowest BCUT2D eigenvalue weighted by molar-refractivity contribution is 0.309. The largest absolute Gasteiger partial charge is 0.493 e. The normalized spacial score (nSPS) is 11.7. The molecule has 0 aliphatic heterocycles. The molecule has 1 aromatic rings. The molecule has 0 amide bonds. The van der Waals surface area contributed by atoms with Crippen LogP contribution in [0.1, 0.15) is 121 Å². The van der Waals surface area contributed by atoms with Crippen molar-refractivity contribution < 1.29 is 17.7 Å². The second kappa shape index (κ2) is 18.4. The molecule has 186 valence electrons. The molecular formula is C27H48O4S. The van der Waals surface area contributed by atoms with Crippen LogP contribution in [0.4, 0.5) is 0 Å². The summed E-state index contributed by atoms with van der Waals surface area (Å²) >= 11 is 0. The summed E-state index contributed by atoms with van der Waals surface area (Å²) in [7, 11) is -3.93. The average molecular weight is 469 g/mol. The van der Waals surface area contributed by atoms with E-state index in [0.717, 1.165) is 31.4 Å². The fourth-order valence-corrected chi connectivity index (χ4v) is 4.66. The fraction of sp³-hybridized carbons (Fsp3) is 0.778. The van der Waals surface area contributed by atoms with Crippen LogP contribution in [-0.4, -0.2) is 25.3 Å². The number of ether oxygens (including phenoxy) is 1. The van der Waals surface area contributed by atoms with Crippen LogP contribution in [0.25, 0.3) is 0 Å². The molecule has 0 aliphatic carbocycles. The van der Waals surface area contributed by atoms with E-state index >= 15 is 0 Å². The molecular weight excluding hydrogens is 420 g/mol. The lowest BCUT2D eigenvalue weighted by atomic mass is 9.98. The Morgan fingerprint density at radius 3 is 1.56 bits per heavy atom. The summed E-state index contributed by atoms with van der Waals surface area (Å²) in [5, 5.41) is 0. The lowest BCUT2D eigenvalue weighted by Crippen LogP contribution is -2.10. The van der Waals surface area contributed by atoms with E-state index in [4.69, 9.17) is 9.29 Å². The summed E-state index contributed by atoms with van der Waals surface area (Å²) in [5.41, 5.74) is 2.48. The van der Waals surface area contributed by atoms with E-state index in [1.54, 1.807) is 0 Å². The van der Waals surface area contributed by atoms with Crippen molar-refractivity contribution in [3.63, 3.8) is 0 Å².